The van der Waals surface area contributed by atoms with E-state index < -0.39 is 18.5 Å². The molecule has 0 aliphatic carbocycles. The van der Waals surface area contributed by atoms with E-state index in [9.17, 15) is 14.4 Å². The van der Waals surface area contributed by atoms with Gasteiger partial charge in [-0.05, 0) is 24.5 Å². The van der Waals surface area contributed by atoms with Crippen LogP contribution in [0.15, 0.2) is 41.3 Å². The predicted molar refractivity (Wildman–Crippen MR) is 111 cm³/mol. The average Bonchev–Trinajstić information content (AvgIpc) is 2.71. The van der Waals surface area contributed by atoms with Gasteiger partial charge in [-0.3, -0.25) is 9.59 Å². The second kappa shape index (κ2) is 10.4. The molecule has 0 spiro atoms. The van der Waals surface area contributed by atoms with Crippen molar-refractivity contribution in [2.24, 2.45) is 0 Å². The molecule has 0 saturated heterocycles. The Hall–Kier alpha value is -3.20. The summed E-state index contributed by atoms with van der Waals surface area (Å²) in [6.07, 6.45) is 1.93. The third kappa shape index (κ3) is 6.15. The van der Waals surface area contributed by atoms with E-state index in [0.717, 1.165) is 4.90 Å². The maximum Gasteiger partial charge on any atom is 0.340 e. The minimum atomic E-state index is -0.789. The van der Waals surface area contributed by atoms with Crippen molar-refractivity contribution in [3.8, 4) is 11.5 Å². The number of hydrogen-bond donors (Lipinski definition) is 2. The van der Waals surface area contributed by atoms with Crippen LogP contribution in [0.5, 0.6) is 11.5 Å². The largest absolute Gasteiger partial charge is 0.493 e. The van der Waals surface area contributed by atoms with E-state index in [0.29, 0.717) is 11.4 Å². The number of esters is 1. The smallest absolute Gasteiger partial charge is 0.340 e. The van der Waals surface area contributed by atoms with Crippen molar-refractivity contribution in [2.45, 2.75) is 11.8 Å². The quantitative estimate of drug-likeness (QED) is 0.501. The molecule has 9 heteroatoms. The monoisotopic (exact) mass is 418 g/mol. The zero-order chi connectivity index (χ0) is 21.4. The molecule has 0 fully saturated rings. The summed E-state index contributed by atoms with van der Waals surface area (Å²) >= 11 is 1.55. The Balaban J connectivity index is 2.12. The van der Waals surface area contributed by atoms with Crippen LogP contribution in [0, 0.1) is 0 Å². The van der Waals surface area contributed by atoms with Gasteiger partial charge in [0.1, 0.15) is 0 Å². The number of methoxy groups -OCH3 is 2. The lowest BCUT2D eigenvalue weighted by Crippen LogP contribution is -2.22. The summed E-state index contributed by atoms with van der Waals surface area (Å²) in [5.74, 6) is -1.04. The number of nitrogens with one attached hydrogen (secondary N) is 2. The van der Waals surface area contributed by atoms with E-state index in [1.165, 1.54) is 33.3 Å². The fourth-order valence-electron chi connectivity index (χ4n) is 2.45. The molecule has 0 saturated carbocycles. The molecule has 0 atom stereocenters. The van der Waals surface area contributed by atoms with E-state index in [1.807, 2.05) is 24.5 Å². The van der Waals surface area contributed by atoms with Gasteiger partial charge in [0.2, 0.25) is 5.91 Å². The van der Waals surface area contributed by atoms with E-state index in [4.69, 9.17) is 14.2 Å². The molecule has 2 amide bonds. The Morgan fingerprint density at radius 2 is 1.69 bits per heavy atom. The normalized spacial score (nSPS) is 10.1. The van der Waals surface area contributed by atoms with Crippen molar-refractivity contribution in [3.63, 3.8) is 0 Å². The van der Waals surface area contributed by atoms with Crippen molar-refractivity contribution < 1.29 is 28.6 Å². The van der Waals surface area contributed by atoms with Gasteiger partial charge < -0.3 is 24.8 Å². The number of carbonyl (C=O) groups is 3. The number of carbonyl (C=O) groups excluding carboxylic acids is 3. The average molecular weight is 418 g/mol. The maximum absolute atomic E-state index is 12.5. The molecule has 2 aromatic carbocycles. The molecule has 0 heterocycles. The van der Waals surface area contributed by atoms with Gasteiger partial charge in [0.25, 0.3) is 5.91 Å². The molecule has 0 bridgehead atoms. The summed E-state index contributed by atoms with van der Waals surface area (Å²) in [7, 11) is 2.85. The van der Waals surface area contributed by atoms with Crippen LogP contribution in [0.3, 0.4) is 0 Å². The molecule has 0 aliphatic rings. The van der Waals surface area contributed by atoms with Crippen LogP contribution in [0.2, 0.25) is 0 Å². The summed E-state index contributed by atoms with van der Waals surface area (Å²) in [4.78, 5) is 37.1. The second-order valence-electron chi connectivity index (χ2n) is 5.79. The summed E-state index contributed by atoms with van der Waals surface area (Å²) in [6, 6.07) is 10.1. The lowest BCUT2D eigenvalue weighted by molar-refractivity contribution is -0.119. The molecule has 2 aromatic rings. The highest BCUT2D eigenvalue weighted by molar-refractivity contribution is 7.98. The molecular formula is C20H22N2O6S. The third-order valence-electron chi connectivity index (χ3n) is 3.74. The zero-order valence-corrected chi connectivity index (χ0v) is 17.3. The van der Waals surface area contributed by atoms with Gasteiger partial charge in [-0.1, -0.05) is 6.07 Å². The van der Waals surface area contributed by atoms with Crippen LogP contribution in [-0.4, -0.2) is 44.9 Å². The first-order valence-electron chi connectivity index (χ1n) is 8.52. The first-order chi connectivity index (χ1) is 13.9. The van der Waals surface area contributed by atoms with Crippen molar-refractivity contribution in [2.75, 3.05) is 37.7 Å². The highest BCUT2D eigenvalue weighted by Gasteiger charge is 2.20. The SMILES string of the molecule is COc1cc(NC(C)=O)c(C(=O)OCC(=O)Nc2cccc(SC)c2)cc1OC. The molecule has 29 heavy (non-hydrogen) atoms. The van der Waals surface area contributed by atoms with Gasteiger partial charge in [0.05, 0.1) is 25.5 Å². The summed E-state index contributed by atoms with van der Waals surface area (Å²) < 4.78 is 15.5. The van der Waals surface area contributed by atoms with Crippen LogP contribution in [0.4, 0.5) is 11.4 Å². The molecule has 2 N–H and O–H groups in total. The molecular weight excluding hydrogens is 396 g/mol. The van der Waals surface area contributed by atoms with Crippen LogP contribution < -0.4 is 20.1 Å². The topological polar surface area (TPSA) is 103 Å². The minimum absolute atomic E-state index is 0.0371. The lowest BCUT2D eigenvalue weighted by atomic mass is 10.1. The molecule has 0 aliphatic heterocycles. The third-order valence-corrected chi connectivity index (χ3v) is 4.47. The van der Waals surface area contributed by atoms with E-state index in [2.05, 4.69) is 10.6 Å². The number of amides is 2. The number of thioether (sulfide) groups is 1. The number of rotatable bonds is 8. The number of benzene rings is 2. The van der Waals surface area contributed by atoms with Gasteiger partial charge >= 0.3 is 5.97 Å². The lowest BCUT2D eigenvalue weighted by Gasteiger charge is -2.14. The number of hydrogen-bond acceptors (Lipinski definition) is 7. The Kier molecular flexibility index (Phi) is 7.90. The Morgan fingerprint density at radius 1 is 1.00 bits per heavy atom. The Labute approximate surface area is 172 Å². The van der Waals surface area contributed by atoms with Gasteiger partial charge in [-0.2, -0.15) is 0 Å². The Bertz CT molecular complexity index is 916. The molecule has 0 unspecified atom stereocenters. The zero-order valence-electron chi connectivity index (χ0n) is 16.5. The van der Waals surface area contributed by atoms with Crippen molar-refractivity contribution in [3.05, 3.63) is 42.0 Å². The van der Waals surface area contributed by atoms with E-state index in [-0.39, 0.29) is 22.9 Å². The van der Waals surface area contributed by atoms with Crippen LogP contribution >= 0.6 is 11.8 Å². The first-order valence-corrected chi connectivity index (χ1v) is 9.75. The standard InChI is InChI=1S/C20H22N2O6S/c1-12(23)21-16-10-18(27-3)17(26-2)9-15(16)20(25)28-11-19(24)22-13-6-5-7-14(8-13)29-4/h5-10H,11H2,1-4H3,(H,21,23)(H,22,24). The molecule has 0 aromatic heterocycles. The highest BCUT2D eigenvalue weighted by Crippen LogP contribution is 2.33. The number of anilines is 2. The van der Waals surface area contributed by atoms with Crippen molar-refractivity contribution in [1.29, 1.82) is 0 Å². The molecule has 154 valence electrons. The molecule has 2 rings (SSSR count). The Morgan fingerprint density at radius 3 is 2.31 bits per heavy atom. The van der Waals surface area contributed by atoms with Gasteiger partial charge in [0, 0.05) is 29.6 Å². The fraction of sp³-hybridized carbons (Fsp3) is 0.250. The summed E-state index contributed by atoms with van der Waals surface area (Å²) in [6.45, 7) is 0.818. The van der Waals surface area contributed by atoms with Crippen LogP contribution in [-0.2, 0) is 14.3 Å². The summed E-state index contributed by atoms with van der Waals surface area (Å²) in [5.41, 5.74) is 0.825. The fourth-order valence-corrected chi connectivity index (χ4v) is 2.91. The van der Waals surface area contributed by atoms with E-state index >= 15 is 0 Å². The maximum atomic E-state index is 12.5. The van der Waals surface area contributed by atoms with Gasteiger partial charge in [0.15, 0.2) is 18.1 Å². The van der Waals surface area contributed by atoms with Crippen LogP contribution in [0.25, 0.3) is 0 Å². The molecule has 0 radical (unpaired) electrons. The first kappa shape index (κ1) is 22.1. The van der Waals surface area contributed by atoms with Crippen LogP contribution in [0.1, 0.15) is 17.3 Å². The van der Waals surface area contributed by atoms with Gasteiger partial charge in [-0.15, -0.1) is 11.8 Å². The minimum Gasteiger partial charge on any atom is -0.493 e. The second-order valence-corrected chi connectivity index (χ2v) is 6.67. The van der Waals surface area contributed by atoms with Crippen molar-refractivity contribution in [1.82, 2.24) is 0 Å². The highest BCUT2D eigenvalue weighted by atomic mass is 32.2. The summed E-state index contributed by atoms with van der Waals surface area (Å²) in [5, 5.41) is 5.21. The molecule has 8 nitrogen and oxygen atoms in total. The predicted octanol–water partition coefficient (Wildman–Crippen LogP) is 3.18. The van der Waals surface area contributed by atoms with Crippen molar-refractivity contribution >= 4 is 40.9 Å². The number of ether oxygens (including phenoxy) is 3. The van der Waals surface area contributed by atoms with Gasteiger partial charge in [-0.25, -0.2) is 4.79 Å². The van der Waals surface area contributed by atoms with E-state index in [1.54, 1.807) is 17.8 Å².